The molecule has 1 amide bonds. The van der Waals surface area contributed by atoms with Crippen LogP contribution in [0.2, 0.25) is 0 Å². The van der Waals surface area contributed by atoms with Crippen molar-refractivity contribution in [3.8, 4) is 0 Å². The minimum atomic E-state index is -3.22. The van der Waals surface area contributed by atoms with Crippen molar-refractivity contribution in [2.24, 2.45) is 5.92 Å². The third-order valence-corrected chi connectivity index (χ3v) is 5.34. The molecular weight excluding hydrogens is 356 g/mol. The van der Waals surface area contributed by atoms with Crippen LogP contribution in [0.15, 0.2) is 28.7 Å². The van der Waals surface area contributed by atoms with Crippen molar-refractivity contribution in [1.82, 2.24) is 9.62 Å². The number of nitrogens with zero attached hydrogens (tertiary/aromatic N) is 1. The van der Waals surface area contributed by atoms with Gasteiger partial charge in [-0.1, -0.05) is 28.1 Å². The van der Waals surface area contributed by atoms with Crippen molar-refractivity contribution in [3.63, 3.8) is 0 Å². The standard InChI is InChI=1S/C14H19BrN2O3S/c1-21(19,20)17-7-3-5-12(10-17)14(18)16-9-11-4-2-6-13(15)8-11/h2,4,6,8,12H,3,5,7,9-10H2,1H3,(H,16,18). The van der Waals surface area contributed by atoms with E-state index in [2.05, 4.69) is 21.2 Å². The number of carbonyl (C=O) groups is 1. The number of hydrogen-bond donors (Lipinski definition) is 1. The average Bonchev–Trinajstić information content (AvgIpc) is 2.44. The molecule has 0 spiro atoms. The van der Waals surface area contributed by atoms with E-state index >= 15 is 0 Å². The molecule has 2 rings (SSSR count). The minimum Gasteiger partial charge on any atom is -0.352 e. The molecule has 1 aliphatic heterocycles. The first-order chi connectivity index (χ1) is 9.86. The molecular formula is C14H19BrN2O3S. The van der Waals surface area contributed by atoms with Crippen molar-refractivity contribution in [2.45, 2.75) is 19.4 Å². The molecule has 116 valence electrons. The van der Waals surface area contributed by atoms with Gasteiger partial charge in [-0.3, -0.25) is 4.79 Å². The Balaban J connectivity index is 1.91. The highest BCUT2D eigenvalue weighted by atomic mass is 79.9. The molecule has 1 aromatic carbocycles. The second-order valence-electron chi connectivity index (χ2n) is 5.31. The smallest absolute Gasteiger partial charge is 0.224 e. The number of hydrogen-bond acceptors (Lipinski definition) is 3. The van der Waals surface area contributed by atoms with Gasteiger partial charge in [0.15, 0.2) is 0 Å². The summed E-state index contributed by atoms with van der Waals surface area (Å²) in [4.78, 5) is 12.2. The van der Waals surface area contributed by atoms with Crippen LogP contribution < -0.4 is 5.32 Å². The van der Waals surface area contributed by atoms with Crippen LogP contribution in [0.5, 0.6) is 0 Å². The van der Waals surface area contributed by atoms with Crippen LogP contribution in [0.3, 0.4) is 0 Å². The zero-order valence-corrected chi connectivity index (χ0v) is 14.3. The van der Waals surface area contributed by atoms with Crippen molar-refractivity contribution in [1.29, 1.82) is 0 Å². The largest absolute Gasteiger partial charge is 0.352 e. The highest BCUT2D eigenvalue weighted by molar-refractivity contribution is 9.10. The van der Waals surface area contributed by atoms with Crippen LogP contribution in [-0.2, 0) is 21.4 Å². The Bertz CT molecular complexity index is 618. The van der Waals surface area contributed by atoms with E-state index in [0.717, 1.165) is 22.9 Å². The van der Waals surface area contributed by atoms with Gasteiger partial charge in [-0.15, -0.1) is 0 Å². The fourth-order valence-corrected chi connectivity index (χ4v) is 3.80. The van der Waals surface area contributed by atoms with Gasteiger partial charge in [0.1, 0.15) is 0 Å². The molecule has 5 nitrogen and oxygen atoms in total. The zero-order chi connectivity index (χ0) is 15.5. The molecule has 1 heterocycles. The van der Waals surface area contributed by atoms with Gasteiger partial charge in [-0.05, 0) is 30.5 Å². The van der Waals surface area contributed by atoms with E-state index in [1.807, 2.05) is 24.3 Å². The van der Waals surface area contributed by atoms with Crippen LogP contribution in [0.4, 0.5) is 0 Å². The Morgan fingerprint density at radius 1 is 1.48 bits per heavy atom. The molecule has 1 saturated heterocycles. The summed E-state index contributed by atoms with van der Waals surface area (Å²) in [5, 5.41) is 2.89. The van der Waals surface area contributed by atoms with Crippen LogP contribution in [0.25, 0.3) is 0 Å². The van der Waals surface area contributed by atoms with Gasteiger partial charge in [0, 0.05) is 24.1 Å². The summed E-state index contributed by atoms with van der Waals surface area (Å²) in [6.45, 7) is 1.24. The van der Waals surface area contributed by atoms with Crippen molar-refractivity contribution >= 4 is 31.9 Å². The fourth-order valence-electron chi connectivity index (χ4n) is 2.44. The molecule has 1 unspecified atom stereocenters. The third kappa shape index (κ3) is 4.79. The van der Waals surface area contributed by atoms with Crippen molar-refractivity contribution in [3.05, 3.63) is 34.3 Å². The average molecular weight is 375 g/mol. The van der Waals surface area contributed by atoms with Crippen LogP contribution in [0, 0.1) is 5.92 Å². The van der Waals surface area contributed by atoms with E-state index in [9.17, 15) is 13.2 Å². The molecule has 7 heteroatoms. The fraction of sp³-hybridized carbons (Fsp3) is 0.500. The molecule has 1 atom stereocenters. The predicted molar refractivity (Wildman–Crippen MR) is 85.1 cm³/mol. The van der Waals surface area contributed by atoms with E-state index in [4.69, 9.17) is 0 Å². The SMILES string of the molecule is CS(=O)(=O)N1CCCC(C(=O)NCc2cccc(Br)c2)C1. The van der Waals surface area contributed by atoms with E-state index < -0.39 is 10.0 Å². The summed E-state index contributed by atoms with van der Waals surface area (Å²) in [6, 6.07) is 7.73. The first-order valence-electron chi connectivity index (χ1n) is 6.83. The molecule has 0 bridgehead atoms. The number of carbonyl (C=O) groups excluding carboxylic acids is 1. The Morgan fingerprint density at radius 3 is 2.90 bits per heavy atom. The summed E-state index contributed by atoms with van der Waals surface area (Å²) in [7, 11) is -3.22. The first kappa shape index (κ1) is 16.5. The van der Waals surface area contributed by atoms with E-state index in [1.165, 1.54) is 10.6 Å². The molecule has 21 heavy (non-hydrogen) atoms. The normalized spacial score (nSPS) is 20.2. The second kappa shape index (κ2) is 6.89. The summed E-state index contributed by atoms with van der Waals surface area (Å²) in [6.07, 6.45) is 2.65. The Kier molecular flexibility index (Phi) is 5.40. The molecule has 1 aromatic rings. The van der Waals surface area contributed by atoms with Gasteiger partial charge >= 0.3 is 0 Å². The Hall–Kier alpha value is -0.920. The first-order valence-corrected chi connectivity index (χ1v) is 9.47. The number of rotatable bonds is 4. The molecule has 0 radical (unpaired) electrons. The molecule has 1 fully saturated rings. The molecule has 0 aromatic heterocycles. The lowest BCUT2D eigenvalue weighted by atomic mass is 9.99. The van der Waals surface area contributed by atoms with Crippen molar-refractivity contribution in [2.75, 3.05) is 19.3 Å². The predicted octanol–water partition coefficient (Wildman–Crippen LogP) is 1.74. The van der Waals surface area contributed by atoms with E-state index in [1.54, 1.807) is 0 Å². The summed E-state index contributed by atoms with van der Waals surface area (Å²) >= 11 is 3.39. The monoisotopic (exact) mass is 374 g/mol. The quantitative estimate of drug-likeness (QED) is 0.872. The van der Waals surface area contributed by atoms with Gasteiger partial charge in [0.05, 0.1) is 12.2 Å². The van der Waals surface area contributed by atoms with Gasteiger partial charge < -0.3 is 5.32 Å². The number of benzene rings is 1. The van der Waals surface area contributed by atoms with E-state index in [-0.39, 0.29) is 18.4 Å². The maximum absolute atomic E-state index is 12.2. The van der Waals surface area contributed by atoms with Crippen LogP contribution in [0.1, 0.15) is 18.4 Å². The molecule has 1 N–H and O–H groups in total. The van der Waals surface area contributed by atoms with Crippen molar-refractivity contribution < 1.29 is 13.2 Å². The topological polar surface area (TPSA) is 66.5 Å². The lowest BCUT2D eigenvalue weighted by Crippen LogP contribution is -2.44. The highest BCUT2D eigenvalue weighted by Crippen LogP contribution is 2.19. The van der Waals surface area contributed by atoms with Gasteiger partial charge in [-0.25, -0.2) is 12.7 Å². The Morgan fingerprint density at radius 2 is 2.24 bits per heavy atom. The summed E-state index contributed by atoms with van der Waals surface area (Å²) < 4.78 is 25.5. The molecule has 0 saturated carbocycles. The minimum absolute atomic E-state index is 0.0803. The third-order valence-electron chi connectivity index (χ3n) is 3.58. The van der Waals surface area contributed by atoms with Gasteiger partial charge in [0.2, 0.25) is 15.9 Å². The lowest BCUT2D eigenvalue weighted by molar-refractivity contribution is -0.126. The lowest BCUT2D eigenvalue weighted by Gasteiger charge is -2.30. The van der Waals surface area contributed by atoms with Crippen LogP contribution >= 0.6 is 15.9 Å². The number of piperidine rings is 1. The number of sulfonamides is 1. The number of amides is 1. The Labute approximate surface area is 133 Å². The van der Waals surface area contributed by atoms with E-state index in [0.29, 0.717) is 13.1 Å². The summed E-state index contributed by atoms with van der Waals surface area (Å²) in [5.74, 6) is -0.344. The second-order valence-corrected chi connectivity index (χ2v) is 8.21. The maximum Gasteiger partial charge on any atom is 0.224 e. The summed E-state index contributed by atoms with van der Waals surface area (Å²) in [5.41, 5.74) is 1.01. The zero-order valence-electron chi connectivity index (χ0n) is 11.9. The highest BCUT2D eigenvalue weighted by Gasteiger charge is 2.29. The van der Waals surface area contributed by atoms with Gasteiger partial charge in [0.25, 0.3) is 0 Å². The molecule has 1 aliphatic rings. The number of halogens is 1. The van der Waals surface area contributed by atoms with Gasteiger partial charge in [-0.2, -0.15) is 0 Å². The molecule has 0 aliphatic carbocycles. The van der Waals surface area contributed by atoms with Crippen LogP contribution in [-0.4, -0.2) is 38.0 Å². The maximum atomic E-state index is 12.2. The number of nitrogens with one attached hydrogen (secondary N) is 1.